The minimum atomic E-state index is -0.225. The largest absolute Gasteiger partial charge is 0.362 e. The van der Waals surface area contributed by atoms with Crippen LogP contribution in [0, 0.1) is 0 Å². The Kier molecular flexibility index (Phi) is 1.20. The number of aromatic amines is 1. The van der Waals surface area contributed by atoms with Crippen LogP contribution >= 0.6 is 0 Å². The Hall–Kier alpha value is -1.03. The van der Waals surface area contributed by atoms with Crippen molar-refractivity contribution in [2.75, 3.05) is 7.05 Å². The van der Waals surface area contributed by atoms with E-state index in [-0.39, 0.29) is 11.7 Å². The summed E-state index contributed by atoms with van der Waals surface area (Å²) in [6.07, 6.45) is 0. The molecule has 60 valence electrons. The summed E-state index contributed by atoms with van der Waals surface area (Å²) >= 11 is 0. The summed E-state index contributed by atoms with van der Waals surface area (Å²) < 4.78 is 4.65. The molecule has 0 bridgehead atoms. The lowest BCUT2D eigenvalue weighted by Gasteiger charge is -2.12. The molecule has 0 spiro atoms. The molecule has 0 aromatic carbocycles. The van der Waals surface area contributed by atoms with E-state index in [1.54, 1.807) is 0 Å². The van der Waals surface area contributed by atoms with Crippen molar-refractivity contribution in [2.45, 2.75) is 19.5 Å². The van der Waals surface area contributed by atoms with Crippen molar-refractivity contribution in [2.24, 2.45) is 0 Å². The average Bonchev–Trinajstić information content (AvgIpc) is 2.41. The van der Waals surface area contributed by atoms with Gasteiger partial charge in [-0.15, -0.1) is 0 Å². The molecule has 0 aliphatic carbocycles. The lowest BCUT2D eigenvalue weighted by Crippen LogP contribution is -2.16. The van der Waals surface area contributed by atoms with E-state index in [2.05, 4.69) is 14.6 Å². The zero-order valence-corrected chi connectivity index (χ0v) is 6.55. The van der Waals surface area contributed by atoms with Crippen molar-refractivity contribution in [1.82, 2.24) is 10.1 Å². The molecular weight excluding hydrogens is 144 g/mol. The van der Waals surface area contributed by atoms with Gasteiger partial charge in [0.2, 0.25) is 0 Å². The fourth-order valence-electron chi connectivity index (χ4n) is 1.49. The zero-order chi connectivity index (χ0) is 8.01. The summed E-state index contributed by atoms with van der Waals surface area (Å²) in [5, 5.41) is 2.62. The summed E-state index contributed by atoms with van der Waals surface area (Å²) in [6.45, 7) is 2.78. The van der Waals surface area contributed by atoms with Crippen LogP contribution in [0.3, 0.4) is 0 Å². The topological polar surface area (TPSA) is 49.2 Å². The number of hydrogen-bond acceptors (Lipinski definition) is 3. The van der Waals surface area contributed by atoms with Gasteiger partial charge in [0.05, 0.1) is 11.3 Å². The van der Waals surface area contributed by atoms with E-state index in [0.29, 0.717) is 0 Å². The van der Waals surface area contributed by atoms with Gasteiger partial charge in [-0.1, -0.05) is 0 Å². The lowest BCUT2D eigenvalue weighted by molar-refractivity contribution is 0.263. The summed E-state index contributed by atoms with van der Waals surface area (Å²) in [6, 6.07) is 0.187. The second-order valence-electron chi connectivity index (χ2n) is 2.97. The second kappa shape index (κ2) is 1.98. The monoisotopic (exact) mass is 154 g/mol. The molecule has 0 saturated heterocycles. The molecule has 1 aliphatic heterocycles. The Labute approximate surface area is 63.8 Å². The van der Waals surface area contributed by atoms with Crippen LogP contribution in [0.2, 0.25) is 0 Å². The van der Waals surface area contributed by atoms with Crippen molar-refractivity contribution < 1.29 is 4.52 Å². The van der Waals surface area contributed by atoms with E-state index >= 15 is 0 Å². The van der Waals surface area contributed by atoms with Crippen molar-refractivity contribution in [3.63, 3.8) is 0 Å². The molecule has 0 saturated carbocycles. The Balaban J connectivity index is 2.58. The highest BCUT2D eigenvalue weighted by atomic mass is 16.5. The summed E-state index contributed by atoms with van der Waals surface area (Å²) in [5.41, 5.74) is 1.48. The molecule has 1 aromatic rings. The number of fused-ring (bicyclic) bond motifs is 1. The third-order valence-corrected chi connectivity index (χ3v) is 2.30. The lowest BCUT2D eigenvalue weighted by atomic mass is 10.2. The van der Waals surface area contributed by atoms with Gasteiger partial charge >= 0.3 is 5.63 Å². The molecule has 11 heavy (non-hydrogen) atoms. The Morgan fingerprint density at radius 3 is 3.09 bits per heavy atom. The predicted octanol–water partition coefficient (Wildman–Crippen LogP) is 0.474. The molecule has 2 heterocycles. The van der Waals surface area contributed by atoms with E-state index in [1.165, 1.54) is 0 Å². The minimum Gasteiger partial charge on any atom is -0.338 e. The Morgan fingerprint density at radius 2 is 2.45 bits per heavy atom. The van der Waals surface area contributed by atoms with Crippen LogP contribution in [-0.4, -0.2) is 17.1 Å². The van der Waals surface area contributed by atoms with Crippen LogP contribution < -0.4 is 5.63 Å². The quantitative estimate of drug-likeness (QED) is 0.591. The normalized spacial score (nSPS) is 24.0. The van der Waals surface area contributed by atoms with Crippen molar-refractivity contribution in [1.29, 1.82) is 0 Å². The molecule has 1 N–H and O–H groups in total. The van der Waals surface area contributed by atoms with Gasteiger partial charge in [-0.25, -0.2) is 9.95 Å². The number of hydrogen-bond donors (Lipinski definition) is 1. The van der Waals surface area contributed by atoms with Gasteiger partial charge in [-0.3, -0.25) is 4.90 Å². The second-order valence-corrected chi connectivity index (χ2v) is 2.97. The molecule has 0 amide bonds. The van der Waals surface area contributed by atoms with Gasteiger partial charge in [-0.05, 0) is 14.0 Å². The fraction of sp³-hybridized carbons (Fsp3) is 0.571. The fourth-order valence-corrected chi connectivity index (χ4v) is 1.49. The number of H-pyrrole nitrogens is 1. The van der Waals surface area contributed by atoms with Crippen LogP contribution in [0.25, 0.3) is 0 Å². The molecule has 1 aromatic heterocycles. The van der Waals surface area contributed by atoms with Crippen LogP contribution in [-0.2, 0) is 6.54 Å². The molecule has 4 heteroatoms. The first kappa shape index (κ1) is 6.67. The summed E-state index contributed by atoms with van der Waals surface area (Å²) in [4.78, 5) is 13.1. The molecule has 1 unspecified atom stereocenters. The first-order chi connectivity index (χ1) is 5.20. The highest BCUT2D eigenvalue weighted by Gasteiger charge is 2.29. The molecule has 2 rings (SSSR count). The van der Waals surface area contributed by atoms with E-state index in [0.717, 1.165) is 17.8 Å². The van der Waals surface area contributed by atoms with Gasteiger partial charge in [0.1, 0.15) is 0 Å². The van der Waals surface area contributed by atoms with Gasteiger partial charge in [0.25, 0.3) is 0 Å². The molecule has 0 radical (unpaired) electrons. The van der Waals surface area contributed by atoms with E-state index in [9.17, 15) is 4.79 Å². The number of aromatic nitrogens is 1. The highest BCUT2D eigenvalue weighted by Crippen LogP contribution is 2.27. The van der Waals surface area contributed by atoms with Gasteiger partial charge in [0.15, 0.2) is 0 Å². The SMILES string of the molecule is CC1c2c([nH]oc2=O)CN1C. The number of rotatable bonds is 0. The van der Waals surface area contributed by atoms with Crippen LogP contribution in [0.1, 0.15) is 24.2 Å². The highest BCUT2D eigenvalue weighted by molar-refractivity contribution is 5.23. The Morgan fingerprint density at radius 1 is 1.73 bits per heavy atom. The first-order valence-corrected chi connectivity index (χ1v) is 3.60. The van der Waals surface area contributed by atoms with E-state index in [1.807, 2.05) is 14.0 Å². The van der Waals surface area contributed by atoms with Crippen LogP contribution in [0.5, 0.6) is 0 Å². The zero-order valence-electron chi connectivity index (χ0n) is 6.55. The molecule has 4 nitrogen and oxygen atoms in total. The average molecular weight is 154 g/mol. The summed E-state index contributed by atoms with van der Waals surface area (Å²) in [5.74, 6) is 0. The molecule has 1 aliphatic rings. The standard InChI is InChI=1S/C7H10N2O2/c1-4-6-5(3-9(4)2)8-11-7(6)10/h4,8H,3H2,1-2H3. The van der Waals surface area contributed by atoms with Crippen molar-refractivity contribution >= 4 is 0 Å². The van der Waals surface area contributed by atoms with Gasteiger partial charge in [0, 0.05) is 12.6 Å². The summed E-state index contributed by atoms with van der Waals surface area (Å²) in [7, 11) is 1.98. The minimum absolute atomic E-state index is 0.187. The number of nitrogens with zero attached hydrogens (tertiary/aromatic N) is 1. The van der Waals surface area contributed by atoms with E-state index < -0.39 is 0 Å². The third-order valence-electron chi connectivity index (χ3n) is 2.30. The molecule has 0 fully saturated rings. The third kappa shape index (κ3) is 0.758. The first-order valence-electron chi connectivity index (χ1n) is 3.60. The van der Waals surface area contributed by atoms with Gasteiger partial charge in [-0.2, -0.15) is 0 Å². The van der Waals surface area contributed by atoms with Gasteiger partial charge < -0.3 is 4.52 Å². The molecular formula is C7H10N2O2. The maximum atomic E-state index is 11.0. The maximum absolute atomic E-state index is 11.0. The van der Waals surface area contributed by atoms with Crippen LogP contribution in [0.15, 0.2) is 9.32 Å². The van der Waals surface area contributed by atoms with Crippen molar-refractivity contribution in [3.05, 3.63) is 21.7 Å². The van der Waals surface area contributed by atoms with Crippen LogP contribution in [0.4, 0.5) is 0 Å². The van der Waals surface area contributed by atoms with E-state index in [4.69, 9.17) is 0 Å². The Bertz CT molecular complexity index is 325. The number of nitrogens with one attached hydrogen (secondary N) is 1. The van der Waals surface area contributed by atoms with Crippen molar-refractivity contribution in [3.8, 4) is 0 Å². The smallest absolute Gasteiger partial charge is 0.338 e. The predicted molar refractivity (Wildman–Crippen MR) is 39.2 cm³/mol. The molecule has 1 atom stereocenters. The maximum Gasteiger partial charge on any atom is 0.362 e.